The number of aromatic nitrogens is 2. The Hall–Kier alpha value is -2.90. The fourth-order valence-corrected chi connectivity index (χ4v) is 3.25. The van der Waals surface area contributed by atoms with Gasteiger partial charge in [0.15, 0.2) is 11.5 Å². The Kier molecular flexibility index (Phi) is 6.51. The van der Waals surface area contributed by atoms with E-state index in [2.05, 4.69) is 10.4 Å². The van der Waals surface area contributed by atoms with Crippen molar-refractivity contribution in [2.45, 2.75) is 6.54 Å². The highest BCUT2D eigenvalue weighted by atomic mass is 35.5. The van der Waals surface area contributed by atoms with Gasteiger partial charge in [-0.25, -0.2) is 4.68 Å². The van der Waals surface area contributed by atoms with Crippen LogP contribution in [0, 0.1) is 0 Å². The molecule has 152 valence electrons. The van der Waals surface area contributed by atoms with Crippen LogP contribution in [0.5, 0.6) is 17.2 Å². The molecule has 9 heteroatoms. The van der Waals surface area contributed by atoms with Gasteiger partial charge in [0.05, 0.1) is 34.1 Å². The monoisotopic (exact) mass is 435 g/mol. The molecule has 7 nitrogen and oxygen atoms in total. The lowest BCUT2D eigenvalue weighted by Crippen LogP contribution is -2.16. The zero-order valence-electron chi connectivity index (χ0n) is 16.0. The molecule has 0 aliphatic carbocycles. The van der Waals surface area contributed by atoms with Gasteiger partial charge in [-0.3, -0.25) is 4.79 Å². The topological polar surface area (TPSA) is 74.6 Å². The molecule has 1 N–H and O–H groups in total. The first-order chi connectivity index (χ1) is 14.0. The van der Waals surface area contributed by atoms with Crippen LogP contribution in [0.2, 0.25) is 10.0 Å². The number of hydrogen-bond donors (Lipinski definition) is 1. The summed E-state index contributed by atoms with van der Waals surface area (Å²) < 4.78 is 17.5. The second-order valence-corrected chi connectivity index (χ2v) is 6.82. The molecule has 0 spiro atoms. The molecule has 3 rings (SSSR count). The number of hydrogen-bond acceptors (Lipinski definition) is 5. The van der Waals surface area contributed by atoms with Crippen LogP contribution in [-0.4, -0.2) is 37.0 Å². The van der Waals surface area contributed by atoms with Crippen molar-refractivity contribution in [3.05, 3.63) is 63.8 Å². The quantitative estimate of drug-likeness (QED) is 0.590. The lowest BCUT2D eigenvalue weighted by Gasteiger charge is -2.14. The molecular formula is C20H19Cl2N3O4. The molecule has 0 saturated carbocycles. The van der Waals surface area contributed by atoms with E-state index < -0.39 is 0 Å². The molecule has 0 unspecified atom stereocenters. The minimum atomic E-state index is -0.354. The van der Waals surface area contributed by atoms with Gasteiger partial charge in [0, 0.05) is 21.7 Å². The van der Waals surface area contributed by atoms with Crippen LogP contribution in [0.4, 0.5) is 5.82 Å². The predicted molar refractivity (Wildman–Crippen MR) is 112 cm³/mol. The Labute approximate surface area is 178 Å². The first-order valence-electron chi connectivity index (χ1n) is 8.54. The Morgan fingerprint density at radius 3 is 2.31 bits per heavy atom. The van der Waals surface area contributed by atoms with E-state index in [4.69, 9.17) is 37.4 Å². The number of nitrogens with one attached hydrogen (secondary N) is 1. The van der Waals surface area contributed by atoms with E-state index in [9.17, 15) is 4.79 Å². The third-order valence-electron chi connectivity index (χ3n) is 4.22. The highest BCUT2D eigenvalue weighted by molar-refractivity contribution is 6.35. The molecule has 0 radical (unpaired) electrons. The number of carbonyl (C=O) groups is 1. The molecule has 0 atom stereocenters. The van der Waals surface area contributed by atoms with Crippen LogP contribution in [0.3, 0.4) is 0 Å². The van der Waals surface area contributed by atoms with E-state index >= 15 is 0 Å². The number of carbonyl (C=O) groups excluding carboxylic acids is 1. The fraction of sp³-hybridized carbons (Fsp3) is 0.200. The van der Waals surface area contributed by atoms with Gasteiger partial charge in [0.2, 0.25) is 5.75 Å². The van der Waals surface area contributed by atoms with Crippen LogP contribution in [0.15, 0.2) is 42.6 Å². The van der Waals surface area contributed by atoms with Crippen molar-refractivity contribution in [2.75, 3.05) is 26.6 Å². The van der Waals surface area contributed by atoms with E-state index in [1.165, 1.54) is 21.3 Å². The number of rotatable bonds is 7. The predicted octanol–water partition coefficient (Wildman–Crippen LogP) is 4.52. The molecule has 1 heterocycles. The Morgan fingerprint density at radius 1 is 1.03 bits per heavy atom. The summed E-state index contributed by atoms with van der Waals surface area (Å²) in [7, 11) is 4.48. The molecule has 2 aromatic carbocycles. The largest absolute Gasteiger partial charge is 0.493 e. The zero-order chi connectivity index (χ0) is 21.0. The van der Waals surface area contributed by atoms with Crippen molar-refractivity contribution in [3.8, 4) is 17.2 Å². The summed E-state index contributed by atoms with van der Waals surface area (Å²) in [6.45, 7) is 0.369. The molecule has 1 aromatic heterocycles. The van der Waals surface area contributed by atoms with Gasteiger partial charge < -0.3 is 19.5 Å². The molecule has 0 aliphatic rings. The van der Waals surface area contributed by atoms with Crippen LogP contribution in [0.1, 0.15) is 15.9 Å². The van der Waals surface area contributed by atoms with Crippen molar-refractivity contribution in [2.24, 2.45) is 0 Å². The second-order valence-electron chi connectivity index (χ2n) is 5.98. The zero-order valence-corrected chi connectivity index (χ0v) is 17.5. The molecule has 0 fully saturated rings. The number of amides is 1. The van der Waals surface area contributed by atoms with Gasteiger partial charge in [-0.05, 0) is 29.8 Å². The second kappa shape index (κ2) is 9.07. The average Bonchev–Trinajstić information content (AvgIpc) is 3.15. The Bertz CT molecular complexity index is 1010. The smallest absolute Gasteiger partial charge is 0.257 e. The van der Waals surface area contributed by atoms with Gasteiger partial charge >= 0.3 is 0 Å². The molecule has 1 amide bonds. The number of ether oxygens (including phenoxy) is 3. The molecule has 29 heavy (non-hydrogen) atoms. The summed E-state index contributed by atoms with van der Waals surface area (Å²) in [5.41, 5.74) is 1.17. The van der Waals surface area contributed by atoms with Crippen LogP contribution >= 0.6 is 23.2 Å². The van der Waals surface area contributed by atoms with E-state index in [0.29, 0.717) is 45.2 Å². The highest BCUT2D eigenvalue weighted by Crippen LogP contribution is 2.38. The standard InChI is InChI=1S/C20H19Cl2N3O4/c1-27-16-8-13(9-17(28-2)19(16)29-3)20(26)24-18-6-7-23-25(18)11-12-4-5-14(21)10-15(12)22/h4-10H,11H2,1-3H3,(H,24,26). The summed E-state index contributed by atoms with van der Waals surface area (Å²) in [5.74, 6) is 1.34. The number of methoxy groups -OCH3 is 3. The lowest BCUT2D eigenvalue weighted by molar-refractivity contribution is 0.102. The van der Waals surface area contributed by atoms with Gasteiger partial charge in [-0.2, -0.15) is 5.10 Å². The SMILES string of the molecule is COc1cc(C(=O)Nc2ccnn2Cc2ccc(Cl)cc2Cl)cc(OC)c1OC. The van der Waals surface area contributed by atoms with Crippen molar-refractivity contribution in [3.63, 3.8) is 0 Å². The lowest BCUT2D eigenvalue weighted by atomic mass is 10.1. The fourth-order valence-electron chi connectivity index (χ4n) is 2.78. The minimum Gasteiger partial charge on any atom is -0.493 e. The van der Waals surface area contributed by atoms with Gasteiger partial charge in [0.25, 0.3) is 5.91 Å². The third-order valence-corrected chi connectivity index (χ3v) is 4.81. The van der Waals surface area contributed by atoms with Crippen LogP contribution in [0.25, 0.3) is 0 Å². The molecular weight excluding hydrogens is 417 g/mol. The average molecular weight is 436 g/mol. The summed E-state index contributed by atoms with van der Waals surface area (Å²) >= 11 is 12.2. The van der Waals surface area contributed by atoms with Gasteiger partial charge in [-0.15, -0.1) is 0 Å². The van der Waals surface area contributed by atoms with Crippen molar-refractivity contribution >= 4 is 34.9 Å². The number of benzene rings is 2. The highest BCUT2D eigenvalue weighted by Gasteiger charge is 2.18. The Morgan fingerprint density at radius 2 is 1.72 bits per heavy atom. The van der Waals surface area contributed by atoms with E-state index in [0.717, 1.165) is 5.56 Å². The summed E-state index contributed by atoms with van der Waals surface area (Å²) in [6, 6.07) is 10.1. The Balaban J connectivity index is 1.84. The maximum Gasteiger partial charge on any atom is 0.257 e. The van der Waals surface area contributed by atoms with Gasteiger partial charge in [-0.1, -0.05) is 29.3 Å². The first-order valence-corrected chi connectivity index (χ1v) is 9.29. The van der Waals surface area contributed by atoms with Crippen molar-refractivity contribution < 1.29 is 19.0 Å². The van der Waals surface area contributed by atoms with Crippen LogP contribution < -0.4 is 19.5 Å². The third kappa shape index (κ3) is 4.58. The van der Waals surface area contributed by atoms with Crippen molar-refractivity contribution in [1.29, 1.82) is 0 Å². The normalized spacial score (nSPS) is 10.5. The number of nitrogens with zero attached hydrogens (tertiary/aromatic N) is 2. The van der Waals surface area contributed by atoms with Crippen molar-refractivity contribution in [1.82, 2.24) is 9.78 Å². The first kappa shape index (κ1) is 20.8. The molecule has 0 aliphatic heterocycles. The summed E-state index contributed by atoms with van der Waals surface area (Å²) in [4.78, 5) is 12.8. The van der Waals surface area contributed by atoms with Crippen LogP contribution in [-0.2, 0) is 6.54 Å². The molecule has 3 aromatic rings. The van der Waals surface area contributed by atoms with Gasteiger partial charge in [0.1, 0.15) is 5.82 Å². The maximum atomic E-state index is 12.8. The maximum absolute atomic E-state index is 12.8. The minimum absolute atomic E-state index is 0.344. The van der Waals surface area contributed by atoms with E-state index in [1.807, 2.05) is 6.07 Å². The number of anilines is 1. The van der Waals surface area contributed by atoms with E-state index in [-0.39, 0.29) is 5.91 Å². The number of halogens is 2. The van der Waals surface area contributed by atoms with E-state index in [1.54, 1.807) is 41.2 Å². The molecule has 0 bridgehead atoms. The summed E-state index contributed by atoms with van der Waals surface area (Å²) in [5, 5.41) is 8.17. The summed E-state index contributed by atoms with van der Waals surface area (Å²) in [6.07, 6.45) is 1.59. The molecule has 0 saturated heterocycles.